The molecule has 0 aromatic rings. The zero-order valence-corrected chi connectivity index (χ0v) is 8.24. The van der Waals surface area contributed by atoms with Gasteiger partial charge >= 0.3 is 0 Å². The highest BCUT2D eigenvalue weighted by atomic mass is 32.2. The van der Waals surface area contributed by atoms with E-state index in [0.29, 0.717) is 25.8 Å². The van der Waals surface area contributed by atoms with Crippen LogP contribution >= 0.6 is 0 Å². The molecule has 1 atom stereocenters. The van der Waals surface area contributed by atoms with Crippen molar-refractivity contribution in [1.29, 1.82) is 0 Å². The maximum atomic E-state index is 12.9. The minimum absolute atomic E-state index is 0.204. The maximum Gasteiger partial charge on any atom is 0.150 e. The van der Waals surface area contributed by atoms with E-state index >= 15 is 0 Å². The van der Waals surface area contributed by atoms with E-state index in [0.717, 1.165) is 0 Å². The van der Waals surface area contributed by atoms with Crippen LogP contribution in [0.2, 0.25) is 0 Å². The van der Waals surface area contributed by atoms with Crippen LogP contribution in [0.4, 0.5) is 4.39 Å². The van der Waals surface area contributed by atoms with Crippen molar-refractivity contribution in [3.05, 3.63) is 0 Å². The van der Waals surface area contributed by atoms with Gasteiger partial charge < -0.3 is 5.32 Å². The standard InChI is InChI=1S/C8H14FNO2S/c9-7-5-8(10-6-7)1-3-13(11,12)4-2-8/h7,10H,1-6H2. The zero-order valence-electron chi connectivity index (χ0n) is 7.42. The van der Waals surface area contributed by atoms with Gasteiger partial charge in [-0.05, 0) is 19.3 Å². The first-order chi connectivity index (χ1) is 6.02. The molecule has 3 nitrogen and oxygen atoms in total. The zero-order chi connectivity index (χ0) is 9.53. The molecule has 2 aliphatic heterocycles. The lowest BCUT2D eigenvalue weighted by atomic mass is 9.90. The fraction of sp³-hybridized carbons (Fsp3) is 1.00. The van der Waals surface area contributed by atoms with Crippen molar-refractivity contribution in [2.24, 2.45) is 0 Å². The average Bonchev–Trinajstić information content (AvgIpc) is 2.41. The molecule has 2 fully saturated rings. The third-order valence-corrected chi connectivity index (χ3v) is 4.75. The third-order valence-electron chi connectivity index (χ3n) is 3.09. The van der Waals surface area contributed by atoms with Gasteiger partial charge in [0.25, 0.3) is 0 Å². The number of nitrogens with one attached hydrogen (secondary N) is 1. The van der Waals surface area contributed by atoms with E-state index in [1.54, 1.807) is 0 Å². The molecule has 1 unspecified atom stereocenters. The van der Waals surface area contributed by atoms with E-state index in [4.69, 9.17) is 0 Å². The normalized spacial score (nSPS) is 36.5. The summed E-state index contributed by atoms with van der Waals surface area (Å²) in [5.41, 5.74) is -0.204. The van der Waals surface area contributed by atoms with Crippen molar-refractivity contribution in [1.82, 2.24) is 5.32 Å². The minimum Gasteiger partial charge on any atom is -0.308 e. The van der Waals surface area contributed by atoms with Crippen LogP contribution in [0.3, 0.4) is 0 Å². The monoisotopic (exact) mass is 207 g/mol. The Bertz CT molecular complexity index is 287. The minimum atomic E-state index is -2.83. The fourth-order valence-corrected chi connectivity index (χ4v) is 3.81. The summed E-state index contributed by atoms with van der Waals surface area (Å²) in [4.78, 5) is 0. The Morgan fingerprint density at radius 1 is 1.31 bits per heavy atom. The van der Waals surface area contributed by atoms with Crippen LogP contribution in [0.15, 0.2) is 0 Å². The van der Waals surface area contributed by atoms with Crippen LogP contribution in [0.1, 0.15) is 19.3 Å². The molecule has 13 heavy (non-hydrogen) atoms. The van der Waals surface area contributed by atoms with Crippen molar-refractivity contribution in [3.63, 3.8) is 0 Å². The summed E-state index contributed by atoms with van der Waals surface area (Å²) >= 11 is 0. The quantitative estimate of drug-likeness (QED) is 0.620. The lowest BCUT2D eigenvalue weighted by Gasteiger charge is -2.33. The molecule has 0 aliphatic carbocycles. The van der Waals surface area contributed by atoms with Gasteiger partial charge in [-0.1, -0.05) is 0 Å². The molecule has 0 radical (unpaired) electrons. The molecule has 0 aromatic carbocycles. The summed E-state index contributed by atoms with van der Waals surface area (Å²) in [5, 5.41) is 3.12. The van der Waals surface area contributed by atoms with Crippen LogP contribution in [-0.2, 0) is 9.84 Å². The number of rotatable bonds is 0. The maximum absolute atomic E-state index is 12.9. The van der Waals surface area contributed by atoms with Crippen LogP contribution in [0.5, 0.6) is 0 Å². The number of hydrogen-bond donors (Lipinski definition) is 1. The molecular formula is C8H14FNO2S. The Hall–Kier alpha value is -0.160. The van der Waals surface area contributed by atoms with Crippen molar-refractivity contribution >= 4 is 9.84 Å². The second kappa shape index (κ2) is 2.92. The molecule has 0 aromatic heterocycles. The Morgan fingerprint density at radius 2 is 1.92 bits per heavy atom. The van der Waals surface area contributed by atoms with Gasteiger partial charge in [0.1, 0.15) is 16.0 Å². The van der Waals surface area contributed by atoms with Gasteiger partial charge in [-0.3, -0.25) is 0 Å². The van der Waals surface area contributed by atoms with Crippen LogP contribution in [0.25, 0.3) is 0 Å². The predicted octanol–water partition coefficient (Wildman–Crippen LogP) is 0.265. The second-order valence-electron chi connectivity index (χ2n) is 4.11. The Balaban J connectivity index is 2.05. The molecule has 2 rings (SSSR count). The first-order valence-electron chi connectivity index (χ1n) is 4.61. The molecular weight excluding hydrogens is 193 g/mol. The number of alkyl halides is 1. The van der Waals surface area contributed by atoms with E-state index in [1.807, 2.05) is 0 Å². The van der Waals surface area contributed by atoms with Crippen molar-refractivity contribution in [2.45, 2.75) is 31.0 Å². The van der Waals surface area contributed by atoms with Crippen molar-refractivity contribution in [2.75, 3.05) is 18.1 Å². The van der Waals surface area contributed by atoms with Crippen molar-refractivity contribution in [3.8, 4) is 0 Å². The number of halogens is 1. The van der Waals surface area contributed by atoms with Gasteiger partial charge in [-0.15, -0.1) is 0 Å². The molecule has 0 saturated carbocycles. The Labute approximate surface area is 77.6 Å². The number of hydrogen-bond acceptors (Lipinski definition) is 3. The van der Waals surface area contributed by atoms with Gasteiger partial charge in [0.05, 0.1) is 11.5 Å². The molecule has 1 N–H and O–H groups in total. The summed E-state index contributed by atoms with van der Waals surface area (Å²) in [5.74, 6) is 0.430. The SMILES string of the molecule is O=S1(=O)CCC2(CC1)CC(F)CN2. The fourth-order valence-electron chi connectivity index (χ4n) is 2.21. The first kappa shape index (κ1) is 9.40. The first-order valence-corrected chi connectivity index (χ1v) is 6.43. The Kier molecular flexibility index (Phi) is 2.11. The van der Waals surface area contributed by atoms with Crippen LogP contribution < -0.4 is 5.32 Å². The lowest BCUT2D eigenvalue weighted by molar-refractivity contribution is 0.298. The summed E-state index contributed by atoms with van der Waals surface area (Å²) < 4.78 is 35.2. The molecule has 2 heterocycles. The van der Waals surface area contributed by atoms with Crippen LogP contribution in [0, 0.1) is 0 Å². The predicted molar refractivity (Wildman–Crippen MR) is 48.1 cm³/mol. The average molecular weight is 207 g/mol. The summed E-state index contributed by atoms with van der Waals surface area (Å²) in [6.07, 6.45) is 0.856. The summed E-state index contributed by atoms with van der Waals surface area (Å²) in [7, 11) is -2.83. The highest BCUT2D eigenvalue weighted by Gasteiger charge is 2.42. The highest BCUT2D eigenvalue weighted by molar-refractivity contribution is 7.91. The van der Waals surface area contributed by atoms with Gasteiger partial charge in [-0.2, -0.15) is 0 Å². The molecule has 2 aliphatic rings. The molecule has 0 amide bonds. The topological polar surface area (TPSA) is 46.2 Å². The van der Waals surface area contributed by atoms with Crippen LogP contribution in [-0.4, -0.2) is 38.2 Å². The lowest BCUT2D eigenvalue weighted by Crippen LogP contribution is -2.46. The van der Waals surface area contributed by atoms with Gasteiger partial charge in [0.15, 0.2) is 0 Å². The van der Waals surface area contributed by atoms with E-state index < -0.39 is 16.0 Å². The largest absolute Gasteiger partial charge is 0.308 e. The van der Waals surface area contributed by atoms with E-state index in [1.165, 1.54) is 0 Å². The van der Waals surface area contributed by atoms with E-state index in [9.17, 15) is 12.8 Å². The summed E-state index contributed by atoms with van der Waals surface area (Å²) in [6.45, 7) is 0.389. The Morgan fingerprint density at radius 3 is 2.38 bits per heavy atom. The molecule has 1 spiro atoms. The molecule has 0 bridgehead atoms. The van der Waals surface area contributed by atoms with E-state index in [-0.39, 0.29) is 17.0 Å². The van der Waals surface area contributed by atoms with Gasteiger partial charge in [0, 0.05) is 12.1 Å². The van der Waals surface area contributed by atoms with Gasteiger partial charge in [0.2, 0.25) is 0 Å². The van der Waals surface area contributed by atoms with E-state index in [2.05, 4.69) is 5.32 Å². The van der Waals surface area contributed by atoms with Crippen molar-refractivity contribution < 1.29 is 12.8 Å². The number of sulfone groups is 1. The smallest absolute Gasteiger partial charge is 0.150 e. The molecule has 76 valence electrons. The highest BCUT2D eigenvalue weighted by Crippen LogP contribution is 2.32. The molecule has 2 saturated heterocycles. The third kappa shape index (κ3) is 1.86. The molecule has 5 heteroatoms. The second-order valence-corrected chi connectivity index (χ2v) is 6.42. The van der Waals surface area contributed by atoms with Gasteiger partial charge in [-0.25, -0.2) is 12.8 Å². The summed E-state index contributed by atoms with van der Waals surface area (Å²) in [6, 6.07) is 0.